The molecule has 1 heterocycles. The molecule has 1 amide bonds. The summed E-state index contributed by atoms with van der Waals surface area (Å²) in [4.78, 5) is 23.6. The fourth-order valence-corrected chi connectivity index (χ4v) is 1.91. The van der Waals surface area contributed by atoms with Crippen molar-refractivity contribution in [3.63, 3.8) is 0 Å². The molecule has 0 aliphatic rings. The van der Waals surface area contributed by atoms with Gasteiger partial charge in [-0.05, 0) is 26.0 Å². The maximum atomic E-state index is 12.1. The molecule has 0 aliphatic heterocycles. The van der Waals surface area contributed by atoms with Crippen LogP contribution in [0, 0.1) is 6.92 Å². The molecule has 5 nitrogen and oxygen atoms in total. The van der Waals surface area contributed by atoms with Gasteiger partial charge in [0.15, 0.2) is 5.78 Å². The van der Waals surface area contributed by atoms with Crippen LogP contribution < -0.4 is 5.32 Å². The second-order valence-corrected chi connectivity index (χ2v) is 4.36. The number of Topliss-reactive ketones (excluding diaryl/α,β-unsaturated/α-hetero) is 1. The SMILES string of the molecule is CC.CC(=O)c1ccccc1NC(=O)c1cn(C)nc1C. The van der Waals surface area contributed by atoms with Crippen molar-refractivity contribution < 1.29 is 9.59 Å². The lowest BCUT2D eigenvalue weighted by atomic mass is 10.1. The van der Waals surface area contributed by atoms with Gasteiger partial charge in [0.1, 0.15) is 0 Å². The zero-order valence-corrected chi connectivity index (χ0v) is 13.1. The molecule has 0 unspecified atom stereocenters. The number of aryl methyl sites for hydroxylation is 2. The Morgan fingerprint density at radius 2 is 1.76 bits per heavy atom. The molecule has 0 bridgehead atoms. The second kappa shape index (κ2) is 7.38. The molecular formula is C16H21N3O2. The highest BCUT2D eigenvalue weighted by Crippen LogP contribution is 2.17. The zero-order chi connectivity index (χ0) is 16.0. The Morgan fingerprint density at radius 3 is 2.29 bits per heavy atom. The number of amides is 1. The Morgan fingerprint density at radius 1 is 1.14 bits per heavy atom. The van der Waals surface area contributed by atoms with Gasteiger partial charge in [0.25, 0.3) is 5.91 Å². The van der Waals surface area contributed by atoms with Crippen molar-refractivity contribution >= 4 is 17.4 Å². The summed E-state index contributed by atoms with van der Waals surface area (Å²) < 4.78 is 1.58. The van der Waals surface area contributed by atoms with E-state index in [1.54, 1.807) is 49.1 Å². The molecule has 2 rings (SSSR count). The van der Waals surface area contributed by atoms with Crippen LogP contribution in [0.4, 0.5) is 5.69 Å². The van der Waals surface area contributed by atoms with Crippen molar-refractivity contribution in [3.05, 3.63) is 47.3 Å². The number of nitrogens with one attached hydrogen (secondary N) is 1. The summed E-state index contributed by atoms with van der Waals surface area (Å²) in [6.45, 7) is 7.24. The standard InChI is InChI=1S/C14H15N3O2.C2H6/c1-9-12(8-17(3)16-9)14(19)15-13-7-5-4-6-11(13)10(2)18;1-2/h4-8H,1-3H3,(H,15,19);1-2H3. The highest BCUT2D eigenvalue weighted by Gasteiger charge is 2.15. The van der Waals surface area contributed by atoms with Crippen LogP contribution in [-0.4, -0.2) is 21.5 Å². The fraction of sp³-hybridized carbons (Fsp3) is 0.312. The number of rotatable bonds is 3. The minimum Gasteiger partial charge on any atom is -0.321 e. The molecule has 1 aromatic heterocycles. The van der Waals surface area contributed by atoms with Gasteiger partial charge in [0, 0.05) is 18.8 Å². The molecule has 0 fully saturated rings. The third-order valence-electron chi connectivity index (χ3n) is 2.81. The number of nitrogens with zero attached hydrogens (tertiary/aromatic N) is 2. The van der Waals surface area contributed by atoms with Crippen LogP contribution in [0.3, 0.4) is 0 Å². The summed E-state index contributed by atoms with van der Waals surface area (Å²) in [6.07, 6.45) is 1.65. The third kappa shape index (κ3) is 4.02. The number of hydrogen-bond acceptors (Lipinski definition) is 3. The number of anilines is 1. The van der Waals surface area contributed by atoms with Crippen LogP contribution in [0.1, 0.15) is 47.2 Å². The quantitative estimate of drug-likeness (QED) is 0.882. The van der Waals surface area contributed by atoms with Crippen LogP contribution in [0.15, 0.2) is 30.5 Å². The summed E-state index contributed by atoms with van der Waals surface area (Å²) in [6, 6.07) is 6.94. The number of benzene rings is 1. The predicted octanol–water partition coefficient (Wildman–Crippen LogP) is 3.21. The molecule has 0 saturated heterocycles. The van der Waals surface area contributed by atoms with Crippen molar-refractivity contribution in [2.45, 2.75) is 27.7 Å². The molecule has 0 spiro atoms. The predicted molar refractivity (Wildman–Crippen MR) is 83.7 cm³/mol. The minimum atomic E-state index is -0.265. The van der Waals surface area contributed by atoms with Gasteiger partial charge in [-0.2, -0.15) is 5.10 Å². The van der Waals surface area contributed by atoms with Gasteiger partial charge >= 0.3 is 0 Å². The highest BCUT2D eigenvalue weighted by molar-refractivity contribution is 6.09. The molecular weight excluding hydrogens is 266 g/mol. The lowest BCUT2D eigenvalue weighted by Gasteiger charge is -2.08. The summed E-state index contributed by atoms with van der Waals surface area (Å²) in [5.74, 6) is -0.349. The van der Waals surface area contributed by atoms with Gasteiger partial charge in [0.2, 0.25) is 0 Å². The van der Waals surface area contributed by atoms with Crippen molar-refractivity contribution in [1.29, 1.82) is 0 Å². The van der Waals surface area contributed by atoms with Gasteiger partial charge < -0.3 is 5.32 Å². The fourth-order valence-electron chi connectivity index (χ4n) is 1.91. The normalized spacial score (nSPS) is 9.57. The lowest BCUT2D eigenvalue weighted by Crippen LogP contribution is -2.14. The van der Waals surface area contributed by atoms with E-state index < -0.39 is 0 Å². The summed E-state index contributed by atoms with van der Waals surface area (Å²) in [7, 11) is 1.76. The van der Waals surface area contributed by atoms with E-state index in [0.29, 0.717) is 22.5 Å². The number of ketones is 1. The molecule has 2 aromatic rings. The van der Waals surface area contributed by atoms with E-state index in [0.717, 1.165) is 0 Å². The van der Waals surface area contributed by atoms with E-state index in [1.165, 1.54) is 6.92 Å². The average Bonchev–Trinajstić information content (AvgIpc) is 2.80. The first-order valence-corrected chi connectivity index (χ1v) is 6.90. The molecule has 1 N–H and O–H groups in total. The number of para-hydroxylation sites is 1. The lowest BCUT2D eigenvalue weighted by molar-refractivity contribution is 0.101. The maximum Gasteiger partial charge on any atom is 0.259 e. The first-order chi connectivity index (χ1) is 9.99. The van der Waals surface area contributed by atoms with Crippen LogP contribution >= 0.6 is 0 Å². The van der Waals surface area contributed by atoms with Crippen molar-refractivity contribution in [2.75, 3.05) is 5.32 Å². The van der Waals surface area contributed by atoms with Crippen molar-refractivity contribution in [1.82, 2.24) is 9.78 Å². The van der Waals surface area contributed by atoms with Crippen LogP contribution in [0.25, 0.3) is 0 Å². The molecule has 0 aliphatic carbocycles. The molecule has 21 heavy (non-hydrogen) atoms. The Hall–Kier alpha value is -2.43. The summed E-state index contributed by atoms with van der Waals surface area (Å²) >= 11 is 0. The van der Waals surface area contributed by atoms with Crippen molar-refractivity contribution in [3.8, 4) is 0 Å². The number of carbonyl (C=O) groups excluding carboxylic acids is 2. The highest BCUT2D eigenvalue weighted by atomic mass is 16.2. The topological polar surface area (TPSA) is 64.0 Å². The summed E-state index contributed by atoms with van der Waals surface area (Å²) in [5.41, 5.74) is 2.17. The molecule has 0 saturated carbocycles. The van der Waals surface area contributed by atoms with Gasteiger partial charge in [-0.1, -0.05) is 26.0 Å². The maximum absolute atomic E-state index is 12.1. The first kappa shape index (κ1) is 16.6. The molecule has 112 valence electrons. The number of carbonyl (C=O) groups is 2. The largest absolute Gasteiger partial charge is 0.321 e. The van der Waals surface area contributed by atoms with Crippen LogP contribution in [0.2, 0.25) is 0 Å². The van der Waals surface area contributed by atoms with E-state index in [4.69, 9.17) is 0 Å². The number of aromatic nitrogens is 2. The zero-order valence-electron chi connectivity index (χ0n) is 13.1. The minimum absolute atomic E-state index is 0.0844. The van der Waals surface area contributed by atoms with Gasteiger partial charge in [-0.15, -0.1) is 0 Å². The molecule has 0 atom stereocenters. The van der Waals surface area contributed by atoms with E-state index in [2.05, 4.69) is 10.4 Å². The molecule has 1 aromatic carbocycles. The monoisotopic (exact) mass is 287 g/mol. The Labute approximate surface area is 125 Å². The Bertz CT molecular complexity index is 645. The van der Waals surface area contributed by atoms with E-state index in [-0.39, 0.29) is 11.7 Å². The summed E-state index contributed by atoms with van der Waals surface area (Å²) in [5, 5.41) is 6.87. The third-order valence-corrected chi connectivity index (χ3v) is 2.81. The Balaban J connectivity index is 0.00000106. The second-order valence-electron chi connectivity index (χ2n) is 4.36. The van der Waals surface area contributed by atoms with E-state index in [1.807, 2.05) is 13.8 Å². The van der Waals surface area contributed by atoms with Crippen LogP contribution in [-0.2, 0) is 7.05 Å². The smallest absolute Gasteiger partial charge is 0.259 e. The van der Waals surface area contributed by atoms with Gasteiger partial charge in [-0.25, -0.2) is 0 Å². The van der Waals surface area contributed by atoms with E-state index in [9.17, 15) is 9.59 Å². The molecule has 5 heteroatoms. The Kier molecular flexibility index (Phi) is 5.84. The molecule has 0 radical (unpaired) electrons. The average molecular weight is 287 g/mol. The van der Waals surface area contributed by atoms with E-state index >= 15 is 0 Å². The van der Waals surface area contributed by atoms with Crippen LogP contribution in [0.5, 0.6) is 0 Å². The van der Waals surface area contributed by atoms with Gasteiger partial charge in [0.05, 0.1) is 16.9 Å². The number of hydrogen-bond donors (Lipinski definition) is 1. The first-order valence-electron chi connectivity index (χ1n) is 6.90. The van der Waals surface area contributed by atoms with Gasteiger partial charge in [-0.3, -0.25) is 14.3 Å². The van der Waals surface area contributed by atoms with Crippen molar-refractivity contribution in [2.24, 2.45) is 7.05 Å².